The van der Waals surface area contributed by atoms with Gasteiger partial charge in [0.25, 0.3) is 0 Å². The van der Waals surface area contributed by atoms with Crippen molar-refractivity contribution >= 4 is 69.6 Å². The van der Waals surface area contributed by atoms with E-state index in [-0.39, 0.29) is 31.2 Å². The predicted molar refractivity (Wildman–Crippen MR) is 226 cm³/mol. The fraction of sp³-hybridized carbons (Fsp3) is 0.200. The smallest absolute Gasteiger partial charge is 0.205 e. The summed E-state index contributed by atoms with van der Waals surface area (Å²) in [6.45, 7) is 6.94. The molecule has 6 aromatic carbocycles. The normalized spacial score (nSPS) is 12.3. The molecule has 63 heavy (non-hydrogen) atoms. The van der Waals surface area contributed by atoms with E-state index in [0.717, 1.165) is 83.9 Å². The molecule has 336 valence electrons. The second kappa shape index (κ2) is 19.8. The van der Waals surface area contributed by atoms with Crippen LogP contribution in [0.3, 0.4) is 0 Å². The van der Waals surface area contributed by atoms with E-state index in [2.05, 4.69) is 0 Å². The van der Waals surface area contributed by atoms with Crippen LogP contribution < -0.4 is 0 Å². The highest BCUT2D eigenvalue weighted by Gasteiger charge is 2.72. The van der Waals surface area contributed by atoms with Gasteiger partial charge in [-0.2, -0.15) is 26.3 Å². The van der Waals surface area contributed by atoms with Crippen molar-refractivity contribution in [1.29, 1.82) is 0 Å². The average Bonchev–Trinajstić information content (AvgIpc) is 3.18. The number of hydrogen-bond donors (Lipinski definition) is 0. The predicted octanol–water partition coefficient (Wildman–Crippen LogP) is 17.9. The van der Waals surface area contributed by atoms with Gasteiger partial charge in [0.1, 0.15) is 44.9 Å². The topological polar surface area (TPSA) is 0 Å². The van der Waals surface area contributed by atoms with Gasteiger partial charge < -0.3 is 0 Å². The Kier molecular flexibility index (Phi) is 16.3. The SMILES string of the molecule is CC(C)(c1cc(F)c(Cl)c(F)c1)c1cc(F)c(Cl)c(F)c1.CC(C)(c1ccc(Cl)c(F)c1)c1ccc(Cl)c(F)c1.FC(F)(F)C(c1ccc(Cl)cc1)(c1ccc(Cl)cc1)C(F)(F)F. The molecule has 0 radical (unpaired) electrons. The van der Waals surface area contributed by atoms with Crippen LogP contribution in [0.25, 0.3) is 0 Å². The fourth-order valence-electron chi connectivity index (χ4n) is 6.32. The Morgan fingerprint density at radius 3 is 0.810 bits per heavy atom. The van der Waals surface area contributed by atoms with E-state index in [4.69, 9.17) is 69.6 Å². The first-order valence-corrected chi connectivity index (χ1v) is 20.1. The van der Waals surface area contributed by atoms with Crippen LogP contribution in [0, 0.1) is 34.9 Å². The number of benzene rings is 6. The number of rotatable bonds is 6. The second-order valence-electron chi connectivity index (χ2n) is 14.8. The van der Waals surface area contributed by atoms with E-state index < -0.39 is 84.7 Å². The van der Waals surface area contributed by atoms with Crippen molar-refractivity contribution < 1.29 is 52.7 Å². The molecule has 0 fully saturated rings. The van der Waals surface area contributed by atoms with Gasteiger partial charge in [-0.05, 0) is 106 Å². The number of alkyl halides is 6. The highest BCUT2D eigenvalue weighted by molar-refractivity contribution is 6.32. The molecule has 0 N–H and O–H groups in total. The van der Waals surface area contributed by atoms with E-state index in [9.17, 15) is 52.7 Å². The van der Waals surface area contributed by atoms with E-state index in [0.29, 0.717) is 0 Å². The first kappa shape index (κ1) is 51.9. The van der Waals surface area contributed by atoms with Crippen molar-refractivity contribution in [3.63, 3.8) is 0 Å². The third kappa shape index (κ3) is 11.2. The molecule has 0 saturated heterocycles. The molecule has 6 rings (SSSR count). The Balaban J connectivity index is 0.000000208. The average molecular weight is 1010 g/mol. The lowest BCUT2D eigenvalue weighted by atomic mass is 9.73. The van der Waals surface area contributed by atoms with Crippen LogP contribution in [0.5, 0.6) is 0 Å². The molecule has 0 amide bonds. The molecule has 0 unspecified atom stereocenters. The standard InChI is InChI=1S/C15H8Cl2F6.C15H10Cl2F4.C15H12Cl2F2/c16-11-5-1-9(2-6-11)13(14(18,19)20,15(21,22)23)10-3-7-12(17)8-4-10;1-15(2,7-3-9(18)13(16)10(19)4-7)8-5-11(20)14(17)12(21)6-8;1-15(2,9-3-5-11(16)13(18)7-9)10-4-6-12(17)14(19)8-10/h1-8H;3-6H,1-2H3;3-8H,1-2H3. The summed E-state index contributed by atoms with van der Waals surface area (Å²) in [5.74, 6) is -4.71. The lowest BCUT2D eigenvalue weighted by molar-refractivity contribution is -0.288. The summed E-state index contributed by atoms with van der Waals surface area (Å²) in [6, 6.07) is 20.2. The Hall–Kier alpha value is -3.78. The maximum Gasteiger partial charge on any atom is 0.411 e. The first-order valence-electron chi connectivity index (χ1n) is 17.8. The Morgan fingerprint density at radius 2 is 0.556 bits per heavy atom. The van der Waals surface area contributed by atoms with Crippen molar-refractivity contribution in [3.8, 4) is 0 Å². The molecule has 0 atom stereocenters. The molecule has 0 bridgehead atoms. The molecule has 0 saturated carbocycles. The van der Waals surface area contributed by atoms with Crippen molar-refractivity contribution in [2.24, 2.45) is 0 Å². The lowest BCUT2D eigenvalue weighted by Gasteiger charge is -2.38. The quantitative estimate of drug-likeness (QED) is 0.115. The van der Waals surface area contributed by atoms with Crippen LogP contribution in [-0.2, 0) is 16.2 Å². The molecular weight excluding hydrogens is 981 g/mol. The monoisotopic (exact) mass is 1010 g/mol. The van der Waals surface area contributed by atoms with Gasteiger partial charge >= 0.3 is 12.4 Å². The van der Waals surface area contributed by atoms with E-state index in [1.807, 2.05) is 13.8 Å². The van der Waals surface area contributed by atoms with Gasteiger partial charge in [0.15, 0.2) is 0 Å². The maximum absolute atomic E-state index is 13.7. The molecular formula is C45H30Cl6F12. The van der Waals surface area contributed by atoms with Gasteiger partial charge in [-0.3, -0.25) is 0 Å². The molecule has 0 nitrogen and oxygen atoms in total. The van der Waals surface area contributed by atoms with Crippen molar-refractivity contribution in [2.75, 3.05) is 0 Å². The van der Waals surface area contributed by atoms with Crippen LogP contribution in [0.1, 0.15) is 61.1 Å². The van der Waals surface area contributed by atoms with Gasteiger partial charge in [0, 0.05) is 20.9 Å². The van der Waals surface area contributed by atoms with Gasteiger partial charge in [0.2, 0.25) is 5.41 Å². The molecule has 0 aromatic heterocycles. The molecule has 0 spiro atoms. The Bertz CT molecular complexity index is 2350. The number of hydrogen-bond acceptors (Lipinski definition) is 0. The number of halogens is 18. The zero-order chi connectivity index (χ0) is 47.6. The maximum atomic E-state index is 13.7. The summed E-state index contributed by atoms with van der Waals surface area (Å²) >= 11 is 33.4. The molecule has 0 aliphatic heterocycles. The zero-order valence-corrected chi connectivity index (χ0v) is 37.2. The molecule has 0 aliphatic rings. The van der Waals surface area contributed by atoms with Gasteiger partial charge in [-0.25, -0.2) is 26.3 Å². The van der Waals surface area contributed by atoms with Gasteiger partial charge in [0.05, 0.1) is 10.0 Å². The highest BCUT2D eigenvalue weighted by Crippen LogP contribution is 2.56. The first-order chi connectivity index (χ1) is 29.0. The molecule has 6 aromatic rings. The Morgan fingerprint density at radius 1 is 0.317 bits per heavy atom. The summed E-state index contributed by atoms with van der Waals surface area (Å²) in [7, 11) is 0. The summed E-state index contributed by atoms with van der Waals surface area (Å²) in [5.41, 5.74) is -5.86. The minimum atomic E-state index is -5.62. The third-order valence-electron chi connectivity index (χ3n) is 10.1. The largest absolute Gasteiger partial charge is 0.411 e. The lowest BCUT2D eigenvalue weighted by Crippen LogP contribution is -2.54. The molecule has 0 heterocycles. The van der Waals surface area contributed by atoms with Gasteiger partial charge in [-0.15, -0.1) is 0 Å². The van der Waals surface area contributed by atoms with Crippen LogP contribution in [0.4, 0.5) is 52.7 Å². The van der Waals surface area contributed by atoms with Crippen LogP contribution in [-0.4, -0.2) is 12.4 Å². The third-order valence-corrected chi connectivity index (χ3v) is 11.9. The van der Waals surface area contributed by atoms with Crippen LogP contribution in [0.2, 0.25) is 30.1 Å². The summed E-state index contributed by atoms with van der Waals surface area (Å²) in [5, 5.41) is -1.04. The van der Waals surface area contributed by atoms with E-state index in [1.165, 1.54) is 24.3 Å². The van der Waals surface area contributed by atoms with Crippen LogP contribution >= 0.6 is 69.6 Å². The summed E-state index contributed by atoms with van der Waals surface area (Å²) < 4.78 is 163. The van der Waals surface area contributed by atoms with Crippen LogP contribution in [0.15, 0.2) is 109 Å². The van der Waals surface area contributed by atoms with Crippen molar-refractivity contribution in [1.82, 2.24) is 0 Å². The van der Waals surface area contributed by atoms with Crippen molar-refractivity contribution in [3.05, 3.63) is 208 Å². The molecule has 0 aliphatic carbocycles. The minimum Gasteiger partial charge on any atom is -0.205 e. The summed E-state index contributed by atoms with van der Waals surface area (Å²) in [4.78, 5) is 0. The van der Waals surface area contributed by atoms with E-state index in [1.54, 1.807) is 26.0 Å². The second-order valence-corrected chi connectivity index (χ2v) is 17.2. The minimum absolute atomic E-state index is 0.0307. The molecule has 18 heteroatoms. The van der Waals surface area contributed by atoms with Crippen molar-refractivity contribution in [2.45, 2.75) is 56.3 Å². The highest BCUT2D eigenvalue weighted by atomic mass is 35.5. The zero-order valence-electron chi connectivity index (χ0n) is 32.7. The van der Waals surface area contributed by atoms with Gasteiger partial charge in [-0.1, -0.05) is 134 Å². The Labute approximate surface area is 384 Å². The summed E-state index contributed by atoms with van der Waals surface area (Å²) in [6.07, 6.45) is -11.2. The van der Waals surface area contributed by atoms with E-state index >= 15 is 0 Å². The fourth-order valence-corrected chi connectivity index (χ4v) is 7.02.